The molecule has 1 aromatic rings. The molecule has 0 radical (unpaired) electrons. The molecule has 30 heavy (non-hydrogen) atoms. The Labute approximate surface area is 177 Å². The molecule has 0 amide bonds. The first-order chi connectivity index (χ1) is 14.1. The van der Waals surface area contributed by atoms with Gasteiger partial charge in [0.2, 0.25) is 10.0 Å². The van der Waals surface area contributed by atoms with Crippen LogP contribution < -0.4 is 4.74 Å². The Morgan fingerprint density at radius 1 is 1.00 bits per heavy atom. The van der Waals surface area contributed by atoms with Crippen molar-refractivity contribution in [1.82, 2.24) is 9.21 Å². The first-order valence-corrected chi connectivity index (χ1v) is 11.4. The lowest BCUT2D eigenvalue weighted by Gasteiger charge is -2.41. The summed E-state index contributed by atoms with van der Waals surface area (Å²) in [6, 6.07) is 7.30. The fraction of sp³-hybridized carbons (Fsp3) is 0.600. The number of piperazine rings is 1. The minimum absolute atomic E-state index is 0.350. The van der Waals surface area contributed by atoms with Gasteiger partial charge in [0.05, 0.1) is 12.0 Å². The largest absolute Gasteiger partial charge is 0.497 e. The first-order valence-electron chi connectivity index (χ1n) is 9.99. The summed E-state index contributed by atoms with van der Waals surface area (Å²) in [5.41, 5.74) is 0. The lowest BCUT2D eigenvalue weighted by Crippen LogP contribution is -2.52. The molecule has 2 aliphatic rings. The van der Waals surface area contributed by atoms with Gasteiger partial charge in [-0.25, -0.2) is 18.0 Å². The van der Waals surface area contributed by atoms with Crippen LogP contribution in [-0.2, 0) is 19.6 Å². The Bertz CT molecular complexity index is 806. The number of aliphatic carboxylic acids is 2. The molecule has 1 saturated carbocycles. The molecule has 1 aliphatic carbocycles. The highest BCUT2D eigenvalue weighted by Crippen LogP contribution is 2.29. The van der Waals surface area contributed by atoms with E-state index in [1.165, 1.54) is 25.7 Å². The fourth-order valence-corrected chi connectivity index (χ4v) is 5.36. The van der Waals surface area contributed by atoms with Crippen molar-refractivity contribution in [3.63, 3.8) is 0 Å². The van der Waals surface area contributed by atoms with Gasteiger partial charge in [0.1, 0.15) is 5.75 Å². The third-order valence-electron chi connectivity index (χ3n) is 5.58. The Morgan fingerprint density at radius 3 is 2.03 bits per heavy atom. The van der Waals surface area contributed by atoms with Crippen LogP contribution in [0.15, 0.2) is 29.2 Å². The van der Waals surface area contributed by atoms with Gasteiger partial charge in [-0.1, -0.05) is 19.8 Å². The van der Waals surface area contributed by atoms with Crippen LogP contribution in [0, 0.1) is 5.92 Å². The second-order valence-corrected chi connectivity index (χ2v) is 9.59. The van der Waals surface area contributed by atoms with Gasteiger partial charge in [0.15, 0.2) is 0 Å². The average Bonchev–Trinajstić information content (AvgIpc) is 2.74. The van der Waals surface area contributed by atoms with Gasteiger partial charge in [0, 0.05) is 32.2 Å². The van der Waals surface area contributed by atoms with Crippen LogP contribution in [-0.4, -0.2) is 79.1 Å². The molecule has 1 aliphatic heterocycles. The second-order valence-electron chi connectivity index (χ2n) is 7.65. The molecule has 0 aromatic heterocycles. The number of sulfonamides is 1. The number of methoxy groups -OCH3 is 1. The molecule has 2 atom stereocenters. The summed E-state index contributed by atoms with van der Waals surface area (Å²) >= 11 is 0. The first kappa shape index (κ1) is 24.1. The van der Waals surface area contributed by atoms with Crippen molar-refractivity contribution in [3.05, 3.63) is 24.3 Å². The summed E-state index contributed by atoms with van der Waals surface area (Å²) in [4.78, 5) is 21.0. The van der Waals surface area contributed by atoms with E-state index < -0.39 is 22.0 Å². The zero-order valence-corrected chi connectivity index (χ0v) is 18.2. The van der Waals surface area contributed by atoms with Crippen LogP contribution in [0.1, 0.15) is 32.6 Å². The Kier molecular flexibility index (Phi) is 8.63. The van der Waals surface area contributed by atoms with E-state index in [-0.39, 0.29) is 0 Å². The summed E-state index contributed by atoms with van der Waals surface area (Å²) in [7, 11) is -1.82. The lowest BCUT2D eigenvalue weighted by molar-refractivity contribution is -0.159. The number of carbonyl (C=O) groups is 2. The van der Waals surface area contributed by atoms with E-state index in [9.17, 15) is 8.42 Å². The van der Waals surface area contributed by atoms with E-state index in [4.69, 9.17) is 24.5 Å². The van der Waals surface area contributed by atoms with Crippen molar-refractivity contribution >= 4 is 22.0 Å². The average molecular weight is 443 g/mol. The smallest absolute Gasteiger partial charge is 0.414 e. The van der Waals surface area contributed by atoms with Crippen molar-refractivity contribution in [2.24, 2.45) is 5.92 Å². The van der Waals surface area contributed by atoms with E-state index in [0.717, 1.165) is 19.0 Å². The van der Waals surface area contributed by atoms with Crippen molar-refractivity contribution in [1.29, 1.82) is 0 Å². The molecular weight excluding hydrogens is 412 g/mol. The number of carboxylic acid groups (broad SMARTS) is 2. The van der Waals surface area contributed by atoms with E-state index >= 15 is 0 Å². The molecule has 1 saturated heterocycles. The maximum absolute atomic E-state index is 12.8. The standard InChI is InChI=1S/C18H28N2O3S.C2H2O4/c1-15-4-3-5-16(14-15)19-10-12-20(13-11-19)24(21,22)18-8-6-17(23-2)7-9-18;3-1(4)2(5)6/h6-9,15-16H,3-5,10-14H2,1-2H3;(H,3,4)(H,5,6). The van der Waals surface area contributed by atoms with Crippen LogP contribution in [0.2, 0.25) is 0 Å². The molecule has 1 heterocycles. The van der Waals surface area contributed by atoms with E-state index in [0.29, 0.717) is 29.8 Å². The molecule has 2 N–H and O–H groups in total. The summed E-state index contributed by atoms with van der Waals surface area (Å²) in [6.07, 6.45) is 5.15. The zero-order chi connectivity index (χ0) is 22.3. The molecule has 9 nitrogen and oxygen atoms in total. The van der Waals surface area contributed by atoms with Crippen molar-refractivity contribution in [3.8, 4) is 5.75 Å². The van der Waals surface area contributed by atoms with Crippen molar-refractivity contribution in [2.45, 2.75) is 43.5 Å². The number of rotatable bonds is 4. The van der Waals surface area contributed by atoms with Crippen LogP contribution in [0.25, 0.3) is 0 Å². The molecule has 3 rings (SSSR count). The Balaban J connectivity index is 0.000000469. The number of ether oxygens (including phenoxy) is 1. The quantitative estimate of drug-likeness (QED) is 0.676. The predicted octanol–water partition coefficient (Wildman–Crippen LogP) is 1.74. The van der Waals surface area contributed by atoms with Gasteiger partial charge in [0.25, 0.3) is 0 Å². The zero-order valence-electron chi connectivity index (χ0n) is 17.4. The second kappa shape index (κ2) is 10.7. The lowest BCUT2D eigenvalue weighted by atomic mass is 9.86. The van der Waals surface area contributed by atoms with Crippen LogP contribution in [0.5, 0.6) is 5.75 Å². The normalized spacial score (nSPS) is 23.1. The summed E-state index contributed by atoms with van der Waals surface area (Å²) < 4.78 is 32.3. The van der Waals surface area contributed by atoms with Gasteiger partial charge in [-0.2, -0.15) is 4.31 Å². The number of hydrogen-bond donors (Lipinski definition) is 2. The Morgan fingerprint density at radius 2 is 1.57 bits per heavy atom. The SMILES string of the molecule is COc1ccc(S(=O)(=O)N2CCN(C3CCCC(C)C3)CC2)cc1.O=C(O)C(=O)O. The number of carboxylic acids is 2. The minimum atomic E-state index is -3.40. The van der Waals surface area contributed by atoms with Gasteiger partial charge < -0.3 is 14.9 Å². The molecule has 10 heteroatoms. The third-order valence-corrected chi connectivity index (χ3v) is 7.49. The molecule has 2 fully saturated rings. The van der Waals surface area contributed by atoms with Crippen LogP contribution in [0.4, 0.5) is 0 Å². The molecular formula is C20H30N2O7S. The van der Waals surface area contributed by atoms with Crippen molar-refractivity contribution < 1.29 is 33.0 Å². The molecule has 0 bridgehead atoms. The maximum Gasteiger partial charge on any atom is 0.414 e. The van der Waals surface area contributed by atoms with Gasteiger partial charge in [-0.05, 0) is 43.0 Å². The molecule has 1 aromatic carbocycles. The van der Waals surface area contributed by atoms with Crippen LogP contribution >= 0.6 is 0 Å². The number of nitrogens with zero attached hydrogens (tertiary/aromatic N) is 2. The minimum Gasteiger partial charge on any atom is -0.497 e. The summed E-state index contributed by atoms with van der Waals surface area (Å²) in [5, 5.41) is 14.8. The number of hydrogen-bond acceptors (Lipinski definition) is 6. The van der Waals surface area contributed by atoms with E-state index in [2.05, 4.69) is 11.8 Å². The third kappa shape index (κ3) is 6.41. The van der Waals surface area contributed by atoms with Crippen LogP contribution in [0.3, 0.4) is 0 Å². The van der Waals surface area contributed by atoms with Crippen molar-refractivity contribution in [2.75, 3.05) is 33.3 Å². The monoisotopic (exact) mass is 442 g/mol. The highest BCUT2D eigenvalue weighted by molar-refractivity contribution is 7.89. The van der Waals surface area contributed by atoms with Gasteiger partial charge in [-0.3, -0.25) is 4.90 Å². The number of benzene rings is 1. The molecule has 0 spiro atoms. The topological polar surface area (TPSA) is 124 Å². The Hall–Kier alpha value is -2.17. The highest BCUT2D eigenvalue weighted by atomic mass is 32.2. The maximum atomic E-state index is 12.8. The predicted molar refractivity (Wildman–Crippen MR) is 110 cm³/mol. The summed E-state index contributed by atoms with van der Waals surface area (Å²) in [5.74, 6) is -2.18. The van der Waals surface area contributed by atoms with E-state index in [1.807, 2.05) is 0 Å². The fourth-order valence-electron chi connectivity index (χ4n) is 3.94. The van der Waals surface area contributed by atoms with E-state index in [1.54, 1.807) is 35.7 Å². The highest BCUT2D eigenvalue weighted by Gasteiger charge is 2.32. The molecule has 168 valence electrons. The van der Waals surface area contributed by atoms with Gasteiger partial charge >= 0.3 is 11.9 Å². The summed E-state index contributed by atoms with van der Waals surface area (Å²) in [6.45, 7) is 5.18. The van der Waals surface area contributed by atoms with Gasteiger partial charge in [-0.15, -0.1) is 0 Å². The molecule has 2 unspecified atom stereocenters.